The third-order valence-corrected chi connectivity index (χ3v) is 4.30. The third kappa shape index (κ3) is 9.28. The fourth-order valence-electron chi connectivity index (χ4n) is 3.17. The molecule has 5 heteroatoms. The van der Waals surface area contributed by atoms with Gasteiger partial charge in [-0.2, -0.15) is 0 Å². The van der Waals surface area contributed by atoms with Crippen molar-refractivity contribution in [1.29, 1.82) is 0 Å². The molecule has 0 radical (unpaired) electrons. The Morgan fingerprint density at radius 3 is 1.78 bits per heavy atom. The zero-order valence-electron chi connectivity index (χ0n) is 15.7. The average molecular weight is 332 g/mol. The van der Waals surface area contributed by atoms with Crippen LogP contribution in [0, 0.1) is 0 Å². The van der Waals surface area contributed by atoms with Gasteiger partial charge in [-0.25, -0.2) is 0 Å². The first-order valence-electron chi connectivity index (χ1n) is 9.23. The highest BCUT2D eigenvalue weighted by Gasteiger charge is 2.20. The van der Waals surface area contributed by atoms with E-state index in [-0.39, 0.29) is 8.76 Å². The van der Waals surface area contributed by atoms with E-state index in [1.54, 1.807) is 6.92 Å². The molecule has 0 atom stereocenters. The first-order chi connectivity index (χ1) is 10.9. The summed E-state index contributed by atoms with van der Waals surface area (Å²) in [6, 6.07) is 2.47. The number of carbonyl (C=O) groups is 1. The van der Waals surface area contributed by atoms with Crippen LogP contribution in [0.25, 0.3) is 0 Å². The van der Waals surface area contributed by atoms with Crippen molar-refractivity contribution in [3.63, 3.8) is 0 Å². The summed E-state index contributed by atoms with van der Waals surface area (Å²) >= 11 is 0. The molecule has 2 fully saturated rings. The molecular weight excluding hydrogens is 290 g/mol. The minimum atomic E-state index is 0. The Kier molecular flexibility index (Phi) is 9.75. The maximum absolute atomic E-state index is 11.0. The lowest BCUT2D eigenvalue weighted by Crippen LogP contribution is -2.46. The number of ether oxygens (including phenoxy) is 1. The molecular formula is C18H41N3O2. The minimum Gasteiger partial charge on any atom is -0.381 e. The Balaban J connectivity index is 0. The summed E-state index contributed by atoms with van der Waals surface area (Å²) in [4.78, 5) is 13.0. The van der Waals surface area contributed by atoms with Crippen LogP contribution in [0.1, 0.15) is 63.2 Å². The maximum atomic E-state index is 11.0. The molecule has 2 aliphatic heterocycles. The molecule has 0 aromatic heterocycles. The molecule has 2 saturated heterocycles. The second-order valence-corrected chi connectivity index (χ2v) is 7.31. The van der Waals surface area contributed by atoms with Gasteiger partial charge in [-0.3, -0.25) is 4.79 Å². The molecule has 2 rings (SSSR count). The molecule has 23 heavy (non-hydrogen) atoms. The lowest BCUT2D eigenvalue weighted by atomic mass is 10.0. The van der Waals surface area contributed by atoms with Crippen molar-refractivity contribution in [1.82, 2.24) is 15.5 Å². The molecule has 0 spiro atoms. The van der Waals surface area contributed by atoms with Crippen LogP contribution in [0.15, 0.2) is 0 Å². The summed E-state index contributed by atoms with van der Waals surface area (Å²) in [5.41, 5.74) is 0. The molecule has 0 aromatic rings. The fourth-order valence-corrected chi connectivity index (χ4v) is 3.17. The van der Waals surface area contributed by atoms with Crippen LogP contribution in [0.4, 0.5) is 0 Å². The van der Waals surface area contributed by atoms with Crippen molar-refractivity contribution in [3.05, 3.63) is 0 Å². The van der Waals surface area contributed by atoms with E-state index in [1.807, 2.05) is 4.90 Å². The predicted molar refractivity (Wildman–Crippen MR) is 99.9 cm³/mol. The van der Waals surface area contributed by atoms with E-state index in [9.17, 15) is 4.79 Å². The van der Waals surface area contributed by atoms with E-state index in [0.717, 1.165) is 39.1 Å². The summed E-state index contributed by atoms with van der Waals surface area (Å²) in [7, 11) is 0. The molecule has 140 valence electrons. The highest BCUT2D eigenvalue weighted by molar-refractivity contribution is 5.73. The van der Waals surface area contributed by atoms with Crippen LogP contribution in [-0.4, -0.2) is 61.3 Å². The summed E-state index contributed by atoms with van der Waals surface area (Å²) in [6.45, 7) is 14.1. The topological polar surface area (TPSA) is 53.6 Å². The first kappa shape index (κ1) is 20.4. The Morgan fingerprint density at radius 2 is 1.39 bits per heavy atom. The molecule has 5 nitrogen and oxygen atoms in total. The van der Waals surface area contributed by atoms with Crippen molar-refractivity contribution in [2.75, 3.05) is 26.3 Å². The molecule has 0 aliphatic carbocycles. The van der Waals surface area contributed by atoms with E-state index in [2.05, 4.69) is 38.3 Å². The Bertz CT molecular complexity index is 330. The first-order valence-corrected chi connectivity index (χ1v) is 9.23. The number of hydrogen-bond acceptors (Lipinski definition) is 4. The van der Waals surface area contributed by atoms with Crippen molar-refractivity contribution >= 4 is 5.91 Å². The van der Waals surface area contributed by atoms with Gasteiger partial charge in [-0.15, -0.1) is 0 Å². The van der Waals surface area contributed by atoms with Gasteiger partial charge in [0, 0.05) is 60.2 Å². The maximum Gasteiger partial charge on any atom is 0.219 e. The average Bonchev–Trinajstić information content (AvgIpc) is 2.48. The van der Waals surface area contributed by atoms with Crippen LogP contribution >= 0.6 is 0 Å². The zero-order chi connectivity index (χ0) is 17.2. The highest BCUT2D eigenvalue weighted by Crippen LogP contribution is 2.10. The van der Waals surface area contributed by atoms with Crippen LogP contribution in [-0.2, 0) is 9.53 Å². The van der Waals surface area contributed by atoms with Crippen LogP contribution < -0.4 is 10.6 Å². The quantitative estimate of drug-likeness (QED) is 0.831. The number of amides is 1. The lowest BCUT2D eigenvalue weighted by molar-refractivity contribution is -0.129. The van der Waals surface area contributed by atoms with Crippen LogP contribution in [0.5, 0.6) is 0 Å². The number of nitrogens with zero attached hydrogens (tertiary/aromatic N) is 1. The number of nitrogens with one attached hydrogen (secondary N) is 2. The number of carbonyl (C=O) groups excluding carboxylic acids is 1. The van der Waals surface area contributed by atoms with Crippen LogP contribution in [0.2, 0.25) is 0 Å². The molecule has 0 unspecified atom stereocenters. The number of rotatable bonds is 4. The minimum absolute atomic E-state index is 0. The van der Waals surface area contributed by atoms with Gasteiger partial charge in [-0.05, 0) is 25.7 Å². The van der Waals surface area contributed by atoms with Gasteiger partial charge in [0.1, 0.15) is 0 Å². The van der Waals surface area contributed by atoms with Crippen molar-refractivity contribution in [2.45, 2.75) is 84.5 Å². The standard InChI is InChI=1S/C10H20N2O.C8H17NO.2H2/c1-8(2)11-10-4-6-12(7-5-10)9(3)13;1-7(2)9-8-3-5-10-6-4-8;;/h8,10-11H,4-7H2,1-3H3;7-9H,3-6H2,1-2H3;2*1H. The van der Waals surface area contributed by atoms with Gasteiger partial charge >= 0.3 is 0 Å². The highest BCUT2D eigenvalue weighted by atomic mass is 16.5. The van der Waals surface area contributed by atoms with Crippen molar-refractivity contribution in [2.24, 2.45) is 0 Å². The van der Waals surface area contributed by atoms with E-state index >= 15 is 0 Å². The molecule has 0 bridgehead atoms. The van der Waals surface area contributed by atoms with Crippen molar-refractivity contribution < 1.29 is 12.4 Å². The molecule has 2 aliphatic rings. The largest absolute Gasteiger partial charge is 0.381 e. The third-order valence-electron chi connectivity index (χ3n) is 4.30. The number of hydrogen-bond donors (Lipinski definition) is 2. The Morgan fingerprint density at radius 1 is 0.957 bits per heavy atom. The van der Waals surface area contributed by atoms with Crippen molar-refractivity contribution in [3.8, 4) is 0 Å². The second-order valence-electron chi connectivity index (χ2n) is 7.31. The van der Waals surface area contributed by atoms with E-state index in [1.165, 1.54) is 12.8 Å². The number of likely N-dealkylation sites (tertiary alicyclic amines) is 1. The molecule has 2 N–H and O–H groups in total. The van der Waals surface area contributed by atoms with E-state index in [0.29, 0.717) is 24.2 Å². The Hall–Kier alpha value is -0.650. The Labute approximate surface area is 145 Å². The molecule has 1 amide bonds. The second kappa shape index (κ2) is 11.0. The molecule has 2 heterocycles. The van der Waals surface area contributed by atoms with Gasteiger partial charge in [0.25, 0.3) is 0 Å². The van der Waals surface area contributed by atoms with Gasteiger partial charge in [0.15, 0.2) is 0 Å². The van der Waals surface area contributed by atoms with E-state index in [4.69, 9.17) is 4.74 Å². The summed E-state index contributed by atoms with van der Waals surface area (Å²) in [6.07, 6.45) is 4.55. The van der Waals surface area contributed by atoms with Gasteiger partial charge in [0.2, 0.25) is 5.91 Å². The fraction of sp³-hybridized carbons (Fsp3) is 0.944. The van der Waals surface area contributed by atoms with Gasteiger partial charge in [0.05, 0.1) is 0 Å². The number of piperidine rings is 1. The molecule has 0 saturated carbocycles. The normalized spacial score (nSPS) is 20.6. The lowest BCUT2D eigenvalue weighted by Gasteiger charge is -2.32. The van der Waals surface area contributed by atoms with E-state index < -0.39 is 0 Å². The zero-order valence-corrected chi connectivity index (χ0v) is 15.7. The summed E-state index contributed by atoms with van der Waals surface area (Å²) in [5.74, 6) is 0.211. The van der Waals surface area contributed by atoms with Crippen LogP contribution in [0.3, 0.4) is 0 Å². The predicted octanol–water partition coefficient (Wildman–Crippen LogP) is 2.65. The smallest absolute Gasteiger partial charge is 0.219 e. The van der Waals surface area contributed by atoms with Gasteiger partial charge in [-0.1, -0.05) is 27.7 Å². The summed E-state index contributed by atoms with van der Waals surface area (Å²) < 4.78 is 5.24. The SMILES string of the molecule is CC(=O)N1CCC(NC(C)C)CC1.CC(C)NC1CCOCC1.[HH].[HH]. The van der Waals surface area contributed by atoms with Gasteiger partial charge < -0.3 is 20.3 Å². The molecule has 0 aromatic carbocycles. The summed E-state index contributed by atoms with van der Waals surface area (Å²) in [5, 5.41) is 7.00. The monoisotopic (exact) mass is 331 g/mol.